The molecular weight excluding hydrogens is 400 g/mol. The normalized spacial score (nSPS) is 10.9. The largest absolute Gasteiger partial charge is 0.324 e. The lowest BCUT2D eigenvalue weighted by Gasteiger charge is -2.03. The molecule has 0 aliphatic heterocycles. The third kappa shape index (κ3) is 3.49. The summed E-state index contributed by atoms with van der Waals surface area (Å²) >= 11 is 1.34. The van der Waals surface area contributed by atoms with Gasteiger partial charge in [-0.2, -0.15) is 0 Å². The Bertz CT molecular complexity index is 1390. The van der Waals surface area contributed by atoms with Crippen molar-refractivity contribution < 1.29 is 9.59 Å². The minimum Gasteiger partial charge on any atom is -0.324 e. The molecule has 3 N–H and O–H groups in total. The maximum Gasteiger partial charge on any atom is 0.276 e. The fourth-order valence-electron chi connectivity index (χ4n) is 3.04. The molecule has 0 saturated carbocycles. The smallest absolute Gasteiger partial charge is 0.276 e. The number of nitrogens with one attached hydrogen (secondary N) is 3. The number of carbonyl (C=O) groups excluding carboxylic acids is 2. The summed E-state index contributed by atoms with van der Waals surface area (Å²) < 4.78 is 0. The number of carbonyl (C=O) groups is 2. The van der Waals surface area contributed by atoms with Crippen molar-refractivity contribution in [2.75, 3.05) is 10.6 Å². The number of anilines is 2. The molecule has 2 amide bonds. The van der Waals surface area contributed by atoms with E-state index in [1.54, 1.807) is 42.0 Å². The number of fused-ring (bicyclic) bond motifs is 2. The molecule has 0 atom stereocenters. The number of rotatable bonds is 4. The zero-order valence-electron chi connectivity index (χ0n) is 15.4. The molecule has 8 nitrogen and oxygen atoms in total. The number of imidazole rings is 1. The molecule has 0 aliphatic carbocycles. The van der Waals surface area contributed by atoms with Crippen LogP contribution in [0, 0.1) is 0 Å². The van der Waals surface area contributed by atoms with Crippen molar-refractivity contribution in [2.24, 2.45) is 0 Å². The maximum absolute atomic E-state index is 12.6. The van der Waals surface area contributed by atoms with Gasteiger partial charge in [-0.25, -0.2) is 9.97 Å². The Balaban J connectivity index is 1.36. The van der Waals surface area contributed by atoms with E-state index in [9.17, 15) is 9.59 Å². The van der Waals surface area contributed by atoms with Gasteiger partial charge in [0.15, 0.2) is 5.13 Å². The highest BCUT2D eigenvalue weighted by molar-refractivity contribution is 7.13. The Morgan fingerprint density at radius 2 is 1.80 bits per heavy atom. The predicted octanol–water partition coefficient (Wildman–Crippen LogP) is 4.07. The molecule has 9 heteroatoms. The minimum absolute atomic E-state index is 0.271. The highest BCUT2D eigenvalue weighted by Gasteiger charge is 2.13. The van der Waals surface area contributed by atoms with Crippen LogP contribution in [0.15, 0.2) is 66.3 Å². The van der Waals surface area contributed by atoms with Crippen molar-refractivity contribution in [3.8, 4) is 0 Å². The second-order valence-corrected chi connectivity index (χ2v) is 7.37. The highest BCUT2D eigenvalue weighted by Crippen LogP contribution is 2.19. The third-order valence-electron chi connectivity index (χ3n) is 4.49. The molecule has 0 fully saturated rings. The molecule has 0 unspecified atom stereocenters. The van der Waals surface area contributed by atoms with E-state index in [4.69, 9.17) is 0 Å². The highest BCUT2D eigenvalue weighted by atomic mass is 32.1. The minimum atomic E-state index is -0.374. The fourth-order valence-corrected chi connectivity index (χ4v) is 3.57. The Hall–Kier alpha value is -4.11. The second-order valence-electron chi connectivity index (χ2n) is 6.48. The van der Waals surface area contributed by atoms with Gasteiger partial charge in [0, 0.05) is 28.7 Å². The molecule has 30 heavy (non-hydrogen) atoms. The number of aromatic nitrogens is 4. The average molecular weight is 414 g/mol. The first-order chi connectivity index (χ1) is 14.7. The van der Waals surface area contributed by atoms with Crippen LogP contribution in [0.5, 0.6) is 0 Å². The van der Waals surface area contributed by atoms with Crippen molar-refractivity contribution in [3.05, 3.63) is 77.6 Å². The first-order valence-corrected chi connectivity index (χ1v) is 9.90. The van der Waals surface area contributed by atoms with Crippen LogP contribution in [0.3, 0.4) is 0 Å². The van der Waals surface area contributed by atoms with E-state index in [1.165, 1.54) is 11.3 Å². The number of hydrogen-bond acceptors (Lipinski definition) is 6. The van der Waals surface area contributed by atoms with Crippen molar-refractivity contribution in [1.29, 1.82) is 0 Å². The van der Waals surface area contributed by atoms with Crippen molar-refractivity contribution >= 4 is 56.0 Å². The van der Waals surface area contributed by atoms with E-state index in [-0.39, 0.29) is 23.5 Å². The van der Waals surface area contributed by atoms with E-state index >= 15 is 0 Å². The Morgan fingerprint density at radius 1 is 0.933 bits per heavy atom. The number of benzene rings is 2. The number of thiazole rings is 1. The summed E-state index contributed by atoms with van der Waals surface area (Å²) in [5.41, 5.74) is 2.00. The van der Waals surface area contributed by atoms with Gasteiger partial charge in [-0.15, -0.1) is 11.3 Å². The zero-order chi connectivity index (χ0) is 20.5. The van der Waals surface area contributed by atoms with E-state index < -0.39 is 0 Å². The summed E-state index contributed by atoms with van der Waals surface area (Å²) in [6, 6.07) is 14.5. The van der Waals surface area contributed by atoms with Crippen LogP contribution >= 0.6 is 11.3 Å². The monoisotopic (exact) mass is 414 g/mol. The van der Waals surface area contributed by atoms with E-state index in [2.05, 4.69) is 30.6 Å². The lowest BCUT2D eigenvalue weighted by molar-refractivity contribution is 0.101. The van der Waals surface area contributed by atoms with Gasteiger partial charge in [-0.05, 0) is 29.7 Å². The van der Waals surface area contributed by atoms with E-state index in [0.717, 1.165) is 10.8 Å². The van der Waals surface area contributed by atoms with Gasteiger partial charge in [-0.1, -0.05) is 24.3 Å². The first-order valence-electron chi connectivity index (χ1n) is 9.02. The molecule has 0 radical (unpaired) electrons. The number of amides is 2. The second kappa shape index (κ2) is 7.37. The fraction of sp³-hybridized carbons (Fsp3) is 0. The average Bonchev–Trinajstić information content (AvgIpc) is 3.41. The van der Waals surface area contributed by atoms with Crippen LogP contribution in [0.1, 0.15) is 20.8 Å². The van der Waals surface area contributed by atoms with Crippen LogP contribution < -0.4 is 10.6 Å². The van der Waals surface area contributed by atoms with Crippen LogP contribution in [0.25, 0.3) is 21.8 Å². The van der Waals surface area contributed by atoms with Gasteiger partial charge in [0.05, 0.1) is 11.0 Å². The summed E-state index contributed by atoms with van der Waals surface area (Å²) in [7, 11) is 0. The standard InChI is InChI=1S/C21H14N6O2S/c28-18(27-21-22-7-8-30-21)13-5-6-15-16(10-13)25-20(24-15)26-19(29)17-9-12-3-1-2-4-14(12)11-23-17/h1-11H,(H,22,27,28)(H2,24,25,26,29). The van der Waals surface area contributed by atoms with Gasteiger partial charge in [0.1, 0.15) is 5.69 Å². The van der Waals surface area contributed by atoms with Crippen LogP contribution in [0.4, 0.5) is 11.1 Å². The summed E-state index contributed by atoms with van der Waals surface area (Å²) in [4.78, 5) is 40.6. The number of hydrogen-bond donors (Lipinski definition) is 3. The Kier molecular flexibility index (Phi) is 4.41. The summed E-state index contributed by atoms with van der Waals surface area (Å²) in [6.45, 7) is 0. The number of H-pyrrole nitrogens is 1. The molecule has 0 spiro atoms. The van der Waals surface area contributed by atoms with Crippen molar-refractivity contribution in [1.82, 2.24) is 19.9 Å². The van der Waals surface area contributed by atoms with Crippen LogP contribution in [-0.2, 0) is 0 Å². The topological polar surface area (TPSA) is 113 Å². The third-order valence-corrected chi connectivity index (χ3v) is 5.18. The predicted molar refractivity (Wildman–Crippen MR) is 116 cm³/mol. The molecule has 2 aromatic carbocycles. The quantitative estimate of drug-likeness (QED) is 0.410. The molecular formula is C21H14N6O2S. The van der Waals surface area contributed by atoms with Gasteiger partial charge in [0.2, 0.25) is 5.95 Å². The van der Waals surface area contributed by atoms with Gasteiger partial charge in [0.25, 0.3) is 11.8 Å². The maximum atomic E-state index is 12.6. The molecule has 5 aromatic rings. The summed E-state index contributed by atoms with van der Waals surface area (Å²) in [5, 5.41) is 9.66. The van der Waals surface area contributed by atoms with Crippen molar-refractivity contribution in [3.63, 3.8) is 0 Å². The molecule has 3 heterocycles. The number of nitrogens with zero attached hydrogens (tertiary/aromatic N) is 3. The van der Waals surface area contributed by atoms with Crippen molar-refractivity contribution in [2.45, 2.75) is 0 Å². The number of pyridine rings is 1. The Morgan fingerprint density at radius 3 is 2.63 bits per heavy atom. The Labute approximate surface area is 174 Å². The molecule has 0 saturated heterocycles. The molecule has 0 bridgehead atoms. The van der Waals surface area contributed by atoms with Gasteiger partial charge >= 0.3 is 0 Å². The molecule has 0 aliphatic rings. The zero-order valence-corrected chi connectivity index (χ0v) is 16.2. The van der Waals surface area contributed by atoms with Gasteiger partial charge < -0.3 is 4.98 Å². The molecule has 3 aromatic heterocycles. The lowest BCUT2D eigenvalue weighted by Crippen LogP contribution is -2.14. The van der Waals surface area contributed by atoms with E-state index in [0.29, 0.717) is 21.7 Å². The van der Waals surface area contributed by atoms with Crippen LogP contribution in [-0.4, -0.2) is 31.8 Å². The summed E-state index contributed by atoms with van der Waals surface area (Å²) in [5.74, 6) is -0.364. The van der Waals surface area contributed by atoms with Crippen LogP contribution in [0.2, 0.25) is 0 Å². The number of aromatic amines is 1. The first kappa shape index (κ1) is 18.0. The molecule has 5 rings (SSSR count). The summed E-state index contributed by atoms with van der Waals surface area (Å²) in [6.07, 6.45) is 3.29. The van der Waals surface area contributed by atoms with Gasteiger partial charge in [-0.3, -0.25) is 25.2 Å². The lowest BCUT2D eigenvalue weighted by atomic mass is 10.1. The molecule has 146 valence electrons. The SMILES string of the molecule is O=C(Nc1nccs1)c1ccc2nc(NC(=O)c3cc4ccccc4cn3)[nH]c2c1. The van der Waals surface area contributed by atoms with E-state index in [1.807, 2.05) is 24.3 Å².